The van der Waals surface area contributed by atoms with Gasteiger partial charge in [0.05, 0.1) is 6.61 Å². The Morgan fingerprint density at radius 3 is 2.88 bits per heavy atom. The van der Waals surface area contributed by atoms with Crippen molar-refractivity contribution >= 4 is 11.7 Å². The average molecular weight is 359 g/mol. The van der Waals surface area contributed by atoms with Crippen LogP contribution in [0.5, 0.6) is 11.5 Å². The van der Waals surface area contributed by atoms with E-state index in [9.17, 15) is 4.79 Å². The van der Waals surface area contributed by atoms with Crippen molar-refractivity contribution < 1.29 is 19.0 Å². The van der Waals surface area contributed by atoms with E-state index in [4.69, 9.17) is 14.2 Å². The molecule has 1 N–H and O–H groups in total. The van der Waals surface area contributed by atoms with Gasteiger partial charge in [-0.3, -0.25) is 9.48 Å². The first-order valence-corrected chi connectivity index (χ1v) is 8.60. The molecule has 1 aromatic carbocycles. The van der Waals surface area contributed by atoms with E-state index in [1.54, 1.807) is 43.2 Å². The first-order valence-electron chi connectivity index (χ1n) is 8.60. The molecule has 1 aliphatic heterocycles. The number of benzene rings is 1. The van der Waals surface area contributed by atoms with Gasteiger partial charge in [0.2, 0.25) is 0 Å². The van der Waals surface area contributed by atoms with Gasteiger partial charge in [-0.05, 0) is 32.9 Å². The molecule has 1 aliphatic rings. The Hall–Kier alpha value is -2.54. The second-order valence-corrected chi connectivity index (χ2v) is 7.20. The highest BCUT2D eigenvalue weighted by molar-refractivity contribution is 6.04. The third-order valence-corrected chi connectivity index (χ3v) is 4.10. The highest BCUT2D eigenvalue weighted by Crippen LogP contribution is 2.42. The van der Waals surface area contributed by atoms with Crippen LogP contribution in [0.25, 0.3) is 0 Å². The fourth-order valence-electron chi connectivity index (χ4n) is 3.04. The molecule has 3 rings (SSSR count). The normalized spacial score (nSPS) is 15.9. The summed E-state index contributed by atoms with van der Waals surface area (Å²) in [4.78, 5) is 12.7. The monoisotopic (exact) mass is 359 g/mol. The second kappa shape index (κ2) is 6.99. The molecule has 0 fully saturated rings. The van der Waals surface area contributed by atoms with E-state index in [0.29, 0.717) is 29.5 Å². The third kappa shape index (κ3) is 3.99. The number of nitrogens with one attached hydrogen (secondary N) is 1. The number of fused-ring (bicyclic) bond motifs is 1. The highest BCUT2D eigenvalue weighted by Gasteiger charge is 2.34. The lowest BCUT2D eigenvalue weighted by atomic mass is 9.99. The largest absolute Gasteiger partial charge is 0.488 e. The summed E-state index contributed by atoms with van der Waals surface area (Å²) in [6.07, 6.45) is 2.35. The fourth-order valence-corrected chi connectivity index (χ4v) is 3.04. The first kappa shape index (κ1) is 18.3. The molecule has 26 heavy (non-hydrogen) atoms. The summed E-state index contributed by atoms with van der Waals surface area (Å²) in [5.74, 6) is 1.57. The van der Waals surface area contributed by atoms with Crippen LogP contribution in [0.2, 0.25) is 0 Å². The molecule has 1 aromatic heterocycles. The number of carbonyl (C=O) groups is 1. The molecule has 1 amide bonds. The van der Waals surface area contributed by atoms with Gasteiger partial charge in [-0.15, -0.1) is 0 Å². The molecule has 7 nitrogen and oxygen atoms in total. The molecule has 2 aromatic rings. The lowest BCUT2D eigenvalue weighted by Gasteiger charge is -2.17. The molecule has 1 atom stereocenters. The third-order valence-electron chi connectivity index (χ3n) is 4.10. The van der Waals surface area contributed by atoms with E-state index in [2.05, 4.69) is 10.4 Å². The van der Waals surface area contributed by atoms with Gasteiger partial charge < -0.3 is 19.5 Å². The van der Waals surface area contributed by atoms with Crippen LogP contribution in [0.4, 0.5) is 5.82 Å². The highest BCUT2D eigenvalue weighted by atomic mass is 16.5. The molecule has 140 valence electrons. The van der Waals surface area contributed by atoms with Crippen molar-refractivity contribution in [3.8, 4) is 11.5 Å². The molecule has 0 spiro atoms. The Balaban J connectivity index is 1.90. The van der Waals surface area contributed by atoms with Gasteiger partial charge in [0.15, 0.2) is 5.82 Å². The van der Waals surface area contributed by atoms with Crippen LogP contribution in [-0.2, 0) is 18.2 Å². The summed E-state index contributed by atoms with van der Waals surface area (Å²) in [6.45, 7) is 6.42. The summed E-state index contributed by atoms with van der Waals surface area (Å²) in [5.41, 5.74) is 1.11. The quantitative estimate of drug-likeness (QED) is 0.858. The van der Waals surface area contributed by atoms with E-state index in [1.807, 2.05) is 20.8 Å². The second-order valence-electron chi connectivity index (χ2n) is 7.20. The SMILES string of the molecule is COCC(C)Oc1cc(C(=O)Nc2ccn(C)n2)cc2c1CC(C)(C)O2. The molecule has 2 heterocycles. The van der Waals surface area contributed by atoms with E-state index in [1.165, 1.54) is 0 Å². The maximum Gasteiger partial charge on any atom is 0.257 e. The number of amides is 1. The average Bonchev–Trinajstić information content (AvgIpc) is 3.08. The van der Waals surface area contributed by atoms with E-state index in [-0.39, 0.29) is 17.6 Å². The maximum absolute atomic E-state index is 12.7. The smallest absolute Gasteiger partial charge is 0.257 e. The molecule has 0 bridgehead atoms. The number of nitrogens with zero attached hydrogens (tertiary/aromatic N) is 2. The Bertz CT molecular complexity index is 813. The zero-order chi connectivity index (χ0) is 18.9. The van der Waals surface area contributed by atoms with Gasteiger partial charge in [0.25, 0.3) is 5.91 Å². The van der Waals surface area contributed by atoms with Crippen LogP contribution in [0, 0.1) is 0 Å². The Morgan fingerprint density at radius 2 is 2.23 bits per heavy atom. The van der Waals surface area contributed by atoms with E-state index >= 15 is 0 Å². The number of rotatable bonds is 6. The predicted molar refractivity (Wildman–Crippen MR) is 98.0 cm³/mol. The van der Waals surface area contributed by atoms with Gasteiger partial charge in [0, 0.05) is 44.0 Å². The summed E-state index contributed by atoms with van der Waals surface area (Å²) in [5, 5.41) is 6.96. The molecular weight excluding hydrogens is 334 g/mol. The predicted octanol–water partition coefficient (Wildman–Crippen LogP) is 2.80. The van der Waals surface area contributed by atoms with Crippen molar-refractivity contribution in [2.24, 2.45) is 7.05 Å². The molecule has 0 saturated heterocycles. The zero-order valence-electron chi connectivity index (χ0n) is 15.8. The topological polar surface area (TPSA) is 74.6 Å². The minimum Gasteiger partial charge on any atom is -0.488 e. The summed E-state index contributed by atoms with van der Waals surface area (Å²) >= 11 is 0. The number of carbonyl (C=O) groups excluding carboxylic acids is 1. The van der Waals surface area contributed by atoms with Crippen molar-refractivity contribution in [2.75, 3.05) is 19.0 Å². The van der Waals surface area contributed by atoms with E-state index < -0.39 is 0 Å². The Kier molecular flexibility index (Phi) is 4.91. The maximum atomic E-state index is 12.7. The van der Waals surface area contributed by atoms with E-state index in [0.717, 1.165) is 12.0 Å². The number of aryl methyl sites for hydroxylation is 1. The standard InChI is InChI=1S/C19H25N3O4/c1-12(11-24-5)25-15-8-13(9-16-14(15)10-19(2,3)26-16)18(23)20-17-6-7-22(4)21-17/h6-9,12H,10-11H2,1-5H3,(H,20,21,23). The first-order chi connectivity index (χ1) is 12.3. The fraction of sp³-hybridized carbons (Fsp3) is 0.474. The molecule has 0 aliphatic carbocycles. The number of methoxy groups -OCH3 is 1. The van der Waals surface area contributed by atoms with Crippen LogP contribution in [0.15, 0.2) is 24.4 Å². The van der Waals surface area contributed by atoms with Gasteiger partial charge >= 0.3 is 0 Å². The van der Waals surface area contributed by atoms with Gasteiger partial charge in [-0.2, -0.15) is 5.10 Å². The van der Waals surface area contributed by atoms with Crippen molar-refractivity contribution in [3.63, 3.8) is 0 Å². The summed E-state index contributed by atoms with van der Waals surface area (Å²) in [6, 6.07) is 5.26. The number of anilines is 1. The molecule has 7 heteroatoms. The number of aromatic nitrogens is 2. The van der Waals surface area contributed by atoms with Gasteiger partial charge in [-0.25, -0.2) is 0 Å². The minimum absolute atomic E-state index is 0.137. The van der Waals surface area contributed by atoms with Crippen LogP contribution in [-0.4, -0.2) is 41.1 Å². The van der Waals surface area contributed by atoms with Crippen molar-refractivity contribution in [2.45, 2.75) is 38.9 Å². The van der Waals surface area contributed by atoms with Crippen molar-refractivity contribution in [3.05, 3.63) is 35.5 Å². The molecule has 0 radical (unpaired) electrons. The van der Waals surface area contributed by atoms with Crippen molar-refractivity contribution in [1.29, 1.82) is 0 Å². The summed E-state index contributed by atoms with van der Waals surface area (Å²) in [7, 11) is 3.43. The lowest BCUT2D eigenvalue weighted by Crippen LogP contribution is -2.25. The summed E-state index contributed by atoms with van der Waals surface area (Å²) < 4.78 is 18.8. The Morgan fingerprint density at radius 1 is 1.46 bits per heavy atom. The van der Waals surface area contributed by atoms with Gasteiger partial charge in [0.1, 0.15) is 23.2 Å². The van der Waals surface area contributed by atoms with Crippen LogP contribution < -0.4 is 14.8 Å². The number of hydrogen-bond acceptors (Lipinski definition) is 5. The Labute approximate surface area is 153 Å². The molecular formula is C19H25N3O4. The van der Waals surface area contributed by atoms with Gasteiger partial charge in [-0.1, -0.05) is 0 Å². The van der Waals surface area contributed by atoms with Crippen molar-refractivity contribution in [1.82, 2.24) is 9.78 Å². The molecule has 1 unspecified atom stereocenters. The van der Waals surface area contributed by atoms with Crippen LogP contribution in [0.1, 0.15) is 36.7 Å². The number of hydrogen-bond donors (Lipinski definition) is 1. The number of ether oxygens (including phenoxy) is 3. The van der Waals surface area contributed by atoms with Crippen LogP contribution in [0.3, 0.4) is 0 Å². The minimum atomic E-state index is -0.332. The zero-order valence-corrected chi connectivity index (χ0v) is 15.8. The van der Waals surface area contributed by atoms with Crippen LogP contribution >= 0.6 is 0 Å². The lowest BCUT2D eigenvalue weighted by molar-refractivity contribution is 0.0910. The molecule has 0 saturated carbocycles.